The molecule has 2 rings (SSSR count). The summed E-state index contributed by atoms with van der Waals surface area (Å²) in [7, 11) is 0. The SMILES string of the molecule is CC(C)Nc1nc(NCCO)nc(NC2CCCC2)n1. The monoisotopic (exact) mass is 280 g/mol. The van der Waals surface area contributed by atoms with Crippen LogP contribution < -0.4 is 16.0 Å². The molecule has 0 amide bonds. The van der Waals surface area contributed by atoms with Crippen molar-refractivity contribution in [3.05, 3.63) is 0 Å². The minimum Gasteiger partial charge on any atom is -0.395 e. The van der Waals surface area contributed by atoms with E-state index in [1.165, 1.54) is 12.8 Å². The van der Waals surface area contributed by atoms with Gasteiger partial charge in [0.15, 0.2) is 0 Å². The Bertz CT molecular complexity index is 419. The van der Waals surface area contributed by atoms with Gasteiger partial charge in [-0.15, -0.1) is 0 Å². The number of rotatable bonds is 7. The highest BCUT2D eigenvalue weighted by atomic mass is 16.3. The highest BCUT2D eigenvalue weighted by Crippen LogP contribution is 2.21. The lowest BCUT2D eigenvalue weighted by molar-refractivity contribution is 0.311. The first-order valence-electron chi connectivity index (χ1n) is 7.31. The molecule has 0 radical (unpaired) electrons. The van der Waals surface area contributed by atoms with Gasteiger partial charge in [0, 0.05) is 18.6 Å². The number of aromatic nitrogens is 3. The number of hydrogen-bond acceptors (Lipinski definition) is 7. The van der Waals surface area contributed by atoms with Crippen LogP contribution in [0.15, 0.2) is 0 Å². The van der Waals surface area contributed by atoms with Gasteiger partial charge in [-0.25, -0.2) is 0 Å². The van der Waals surface area contributed by atoms with Crippen LogP contribution in [-0.4, -0.2) is 45.3 Å². The quantitative estimate of drug-likeness (QED) is 0.600. The van der Waals surface area contributed by atoms with E-state index in [2.05, 4.69) is 30.9 Å². The molecule has 1 aromatic heterocycles. The zero-order chi connectivity index (χ0) is 14.4. The van der Waals surface area contributed by atoms with Gasteiger partial charge in [0.2, 0.25) is 17.8 Å². The van der Waals surface area contributed by atoms with Crippen molar-refractivity contribution in [1.82, 2.24) is 15.0 Å². The van der Waals surface area contributed by atoms with Crippen molar-refractivity contribution in [1.29, 1.82) is 0 Å². The Morgan fingerprint density at radius 1 is 1.10 bits per heavy atom. The van der Waals surface area contributed by atoms with E-state index in [9.17, 15) is 0 Å². The fraction of sp³-hybridized carbons (Fsp3) is 0.769. The summed E-state index contributed by atoms with van der Waals surface area (Å²) in [6.45, 7) is 4.54. The van der Waals surface area contributed by atoms with Crippen molar-refractivity contribution < 1.29 is 5.11 Å². The minimum absolute atomic E-state index is 0.0456. The molecule has 0 unspecified atom stereocenters. The Morgan fingerprint density at radius 3 is 2.40 bits per heavy atom. The lowest BCUT2D eigenvalue weighted by Crippen LogP contribution is -2.20. The molecule has 20 heavy (non-hydrogen) atoms. The second-order valence-electron chi connectivity index (χ2n) is 5.38. The van der Waals surface area contributed by atoms with Crippen molar-refractivity contribution in [2.45, 2.75) is 51.6 Å². The summed E-state index contributed by atoms with van der Waals surface area (Å²) in [6.07, 6.45) is 4.85. The van der Waals surface area contributed by atoms with E-state index in [1.54, 1.807) is 0 Å². The lowest BCUT2D eigenvalue weighted by atomic mass is 10.3. The Morgan fingerprint density at radius 2 is 1.75 bits per heavy atom. The Balaban J connectivity index is 2.10. The number of aliphatic hydroxyl groups excluding tert-OH is 1. The number of nitrogens with one attached hydrogen (secondary N) is 3. The second kappa shape index (κ2) is 7.23. The lowest BCUT2D eigenvalue weighted by Gasteiger charge is -2.15. The van der Waals surface area contributed by atoms with Gasteiger partial charge >= 0.3 is 0 Å². The molecule has 0 bridgehead atoms. The van der Waals surface area contributed by atoms with Crippen LogP contribution in [0.2, 0.25) is 0 Å². The number of hydrogen-bond donors (Lipinski definition) is 4. The van der Waals surface area contributed by atoms with Gasteiger partial charge in [-0.3, -0.25) is 0 Å². The molecule has 0 aliphatic heterocycles. The Labute approximate surface area is 119 Å². The highest BCUT2D eigenvalue weighted by molar-refractivity contribution is 5.43. The predicted molar refractivity (Wildman–Crippen MR) is 80.0 cm³/mol. The molecule has 0 aromatic carbocycles. The van der Waals surface area contributed by atoms with E-state index in [0.29, 0.717) is 30.4 Å². The van der Waals surface area contributed by atoms with Crippen molar-refractivity contribution in [2.75, 3.05) is 29.1 Å². The summed E-state index contributed by atoms with van der Waals surface area (Å²) >= 11 is 0. The normalized spacial score (nSPS) is 15.6. The van der Waals surface area contributed by atoms with Crippen molar-refractivity contribution in [3.63, 3.8) is 0 Å². The van der Waals surface area contributed by atoms with Crippen LogP contribution in [0, 0.1) is 0 Å². The fourth-order valence-electron chi connectivity index (χ4n) is 2.26. The zero-order valence-corrected chi connectivity index (χ0v) is 12.2. The fourth-order valence-corrected chi connectivity index (χ4v) is 2.26. The van der Waals surface area contributed by atoms with Crippen LogP contribution in [0.3, 0.4) is 0 Å². The van der Waals surface area contributed by atoms with Crippen LogP contribution in [0.1, 0.15) is 39.5 Å². The van der Waals surface area contributed by atoms with E-state index in [-0.39, 0.29) is 12.6 Å². The molecule has 1 fully saturated rings. The average Bonchev–Trinajstić information content (AvgIpc) is 2.88. The number of anilines is 3. The zero-order valence-electron chi connectivity index (χ0n) is 12.2. The molecule has 0 saturated heterocycles. The van der Waals surface area contributed by atoms with E-state index in [4.69, 9.17) is 5.11 Å². The van der Waals surface area contributed by atoms with Crippen LogP contribution >= 0.6 is 0 Å². The molecule has 0 spiro atoms. The molecule has 112 valence electrons. The van der Waals surface area contributed by atoms with Crippen LogP contribution in [0.25, 0.3) is 0 Å². The average molecular weight is 280 g/mol. The maximum atomic E-state index is 8.88. The second-order valence-corrected chi connectivity index (χ2v) is 5.38. The van der Waals surface area contributed by atoms with Gasteiger partial charge < -0.3 is 21.1 Å². The topological polar surface area (TPSA) is 95.0 Å². The summed E-state index contributed by atoms with van der Waals surface area (Å²) in [5.41, 5.74) is 0. The van der Waals surface area contributed by atoms with E-state index < -0.39 is 0 Å². The first kappa shape index (κ1) is 14.8. The maximum Gasteiger partial charge on any atom is 0.229 e. The molecule has 1 saturated carbocycles. The van der Waals surface area contributed by atoms with Gasteiger partial charge in [0.25, 0.3) is 0 Å². The number of nitrogens with zero attached hydrogens (tertiary/aromatic N) is 3. The molecule has 1 aliphatic carbocycles. The standard InChI is InChI=1S/C13H24N6O/c1-9(2)15-12-17-11(14-7-8-20)18-13(19-12)16-10-5-3-4-6-10/h9-10,20H,3-8H2,1-2H3,(H3,14,15,16,17,18,19). The third-order valence-corrected chi connectivity index (χ3v) is 3.14. The van der Waals surface area contributed by atoms with E-state index >= 15 is 0 Å². The first-order chi connectivity index (χ1) is 9.67. The van der Waals surface area contributed by atoms with Gasteiger partial charge in [-0.2, -0.15) is 15.0 Å². The summed E-state index contributed by atoms with van der Waals surface area (Å²) in [6, 6.07) is 0.706. The van der Waals surface area contributed by atoms with E-state index in [0.717, 1.165) is 12.8 Å². The van der Waals surface area contributed by atoms with Crippen molar-refractivity contribution in [3.8, 4) is 0 Å². The summed E-state index contributed by atoms with van der Waals surface area (Å²) < 4.78 is 0. The minimum atomic E-state index is 0.0456. The largest absolute Gasteiger partial charge is 0.395 e. The number of aliphatic hydroxyl groups is 1. The third-order valence-electron chi connectivity index (χ3n) is 3.14. The third kappa shape index (κ3) is 4.48. The molecule has 7 nitrogen and oxygen atoms in total. The Hall–Kier alpha value is -1.63. The van der Waals surface area contributed by atoms with Crippen molar-refractivity contribution in [2.24, 2.45) is 0 Å². The van der Waals surface area contributed by atoms with Gasteiger partial charge in [0.05, 0.1) is 6.61 Å². The molecular formula is C13H24N6O. The predicted octanol–water partition coefficient (Wildman–Crippen LogP) is 1.45. The van der Waals surface area contributed by atoms with E-state index in [1.807, 2.05) is 13.8 Å². The smallest absolute Gasteiger partial charge is 0.229 e. The first-order valence-corrected chi connectivity index (χ1v) is 7.31. The van der Waals surface area contributed by atoms with Crippen molar-refractivity contribution >= 4 is 17.8 Å². The maximum absolute atomic E-state index is 8.88. The summed E-state index contributed by atoms with van der Waals surface area (Å²) in [5, 5.41) is 18.4. The molecule has 1 aliphatic rings. The molecule has 7 heteroatoms. The van der Waals surface area contributed by atoms with Crippen LogP contribution in [0.4, 0.5) is 17.8 Å². The summed E-state index contributed by atoms with van der Waals surface area (Å²) in [4.78, 5) is 13.0. The molecule has 1 aromatic rings. The highest BCUT2D eigenvalue weighted by Gasteiger charge is 2.16. The Kier molecular flexibility index (Phi) is 5.34. The summed E-state index contributed by atoms with van der Waals surface area (Å²) in [5.74, 6) is 1.63. The van der Waals surface area contributed by atoms with Crippen LogP contribution in [-0.2, 0) is 0 Å². The van der Waals surface area contributed by atoms with Crippen LogP contribution in [0.5, 0.6) is 0 Å². The van der Waals surface area contributed by atoms with Gasteiger partial charge in [0.1, 0.15) is 0 Å². The molecule has 0 atom stereocenters. The molecular weight excluding hydrogens is 256 g/mol. The van der Waals surface area contributed by atoms with Gasteiger partial charge in [-0.1, -0.05) is 12.8 Å². The molecule has 1 heterocycles. The van der Waals surface area contributed by atoms with Gasteiger partial charge in [-0.05, 0) is 26.7 Å². The molecule has 4 N–H and O–H groups in total.